The van der Waals surface area contributed by atoms with E-state index in [1.807, 2.05) is 0 Å². The van der Waals surface area contributed by atoms with Gasteiger partial charge in [0.2, 0.25) is 0 Å². The van der Waals surface area contributed by atoms with Gasteiger partial charge in [-0.2, -0.15) is 26.3 Å². The second kappa shape index (κ2) is 8.36. The van der Waals surface area contributed by atoms with E-state index in [1.54, 1.807) is 0 Å². The molecule has 0 saturated heterocycles. The zero-order valence-electron chi connectivity index (χ0n) is 13.4. The summed E-state index contributed by atoms with van der Waals surface area (Å²) in [5.74, 6) is -5.30. The molecule has 0 aliphatic heterocycles. The molecule has 0 heterocycles. The second-order valence-electron chi connectivity index (χ2n) is 5.39. The number of hydrogen-bond acceptors (Lipinski definition) is 0. The second-order valence-corrected chi connectivity index (χ2v) is 7.22. The lowest BCUT2D eigenvalue weighted by Crippen LogP contribution is -2.16. The van der Waals surface area contributed by atoms with Gasteiger partial charge in [-0.25, -0.2) is 8.78 Å². The highest BCUT2D eigenvalue weighted by molar-refractivity contribution is 9.10. The van der Waals surface area contributed by atoms with Crippen molar-refractivity contribution in [2.24, 2.45) is 0 Å². The molecule has 2 rings (SSSR count). The Morgan fingerprint density at radius 2 is 0.786 bits per heavy atom. The highest BCUT2D eigenvalue weighted by Crippen LogP contribution is 2.45. The van der Waals surface area contributed by atoms with Crippen molar-refractivity contribution in [1.82, 2.24) is 0 Å². The average molecular weight is 536 g/mol. The largest absolute Gasteiger partial charge is 0.419 e. The Hall–Kier alpha value is -1.68. The molecule has 2 aromatic carbocycles. The van der Waals surface area contributed by atoms with E-state index in [0.29, 0.717) is 8.95 Å². The summed E-state index contributed by atoms with van der Waals surface area (Å²) in [6, 6.07) is 7.73. The van der Waals surface area contributed by atoms with Gasteiger partial charge in [0.1, 0.15) is 11.1 Å². The Bertz CT molecular complexity index is 827. The maximum Gasteiger partial charge on any atom is 0.419 e. The Morgan fingerprint density at radius 1 is 0.536 bits per heavy atom. The van der Waals surface area contributed by atoms with E-state index >= 15 is 0 Å². The van der Waals surface area contributed by atoms with Crippen LogP contribution < -0.4 is 0 Å². The SMILES string of the molecule is FC(/C(F)=C(/c1ccc(Br)cc1)C(F)(F)F)=C(\c1ccc(Br)cc1)C(F)(F)F. The lowest BCUT2D eigenvalue weighted by molar-refractivity contribution is -0.0726. The van der Waals surface area contributed by atoms with Gasteiger partial charge < -0.3 is 0 Å². The van der Waals surface area contributed by atoms with Crippen LogP contribution >= 0.6 is 31.9 Å². The molecule has 150 valence electrons. The Balaban J connectivity index is 2.81. The summed E-state index contributed by atoms with van der Waals surface area (Å²) in [6.07, 6.45) is -10.9. The van der Waals surface area contributed by atoms with Crippen LogP contribution in [0, 0.1) is 0 Å². The van der Waals surface area contributed by atoms with Crippen molar-refractivity contribution in [3.63, 3.8) is 0 Å². The maximum atomic E-state index is 14.5. The molecule has 0 aromatic heterocycles. The van der Waals surface area contributed by atoms with Gasteiger partial charge in [0.15, 0.2) is 11.7 Å². The van der Waals surface area contributed by atoms with E-state index in [4.69, 9.17) is 0 Å². The third-order valence-electron chi connectivity index (χ3n) is 3.46. The van der Waals surface area contributed by atoms with Crippen LogP contribution in [-0.2, 0) is 0 Å². The first kappa shape index (κ1) is 22.6. The summed E-state index contributed by atoms with van der Waals surface area (Å²) in [4.78, 5) is 0. The Labute approximate surface area is 170 Å². The van der Waals surface area contributed by atoms with Gasteiger partial charge in [-0.3, -0.25) is 0 Å². The van der Waals surface area contributed by atoms with Gasteiger partial charge in [-0.15, -0.1) is 0 Å². The van der Waals surface area contributed by atoms with E-state index in [1.165, 1.54) is 0 Å². The van der Waals surface area contributed by atoms with Crippen molar-refractivity contribution in [1.29, 1.82) is 0 Å². The minimum absolute atomic E-state index is 0.347. The molecule has 0 N–H and O–H groups in total. The lowest BCUT2D eigenvalue weighted by Gasteiger charge is -2.17. The highest BCUT2D eigenvalue weighted by atomic mass is 79.9. The first-order valence-corrected chi connectivity index (χ1v) is 8.87. The molecule has 0 atom stereocenters. The molecule has 0 fully saturated rings. The summed E-state index contributed by atoms with van der Waals surface area (Å²) in [7, 11) is 0. The van der Waals surface area contributed by atoms with Gasteiger partial charge in [0, 0.05) is 8.95 Å². The topological polar surface area (TPSA) is 0 Å². The third kappa shape index (κ3) is 5.22. The van der Waals surface area contributed by atoms with Gasteiger partial charge >= 0.3 is 12.4 Å². The molecule has 0 spiro atoms. The summed E-state index contributed by atoms with van der Waals surface area (Å²) >= 11 is 5.94. The summed E-state index contributed by atoms with van der Waals surface area (Å²) < 4.78 is 110. The van der Waals surface area contributed by atoms with E-state index < -0.39 is 46.3 Å². The van der Waals surface area contributed by atoms with E-state index in [0.717, 1.165) is 48.5 Å². The summed E-state index contributed by atoms with van der Waals surface area (Å²) in [5.41, 5.74) is -5.92. The highest BCUT2D eigenvalue weighted by Gasteiger charge is 2.43. The van der Waals surface area contributed by atoms with E-state index in [-0.39, 0.29) is 0 Å². The number of alkyl halides is 6. The predicted molar refractivity (Wildman–Crippen MR) is 96.5 cm³/mol. The molecule has 0 nitrogen and oxygen atoms in total. The molecule has 2 aromatic rings. The maximum absolute atomic E-state index is 14.5. The third-order valence-corrected chi connectivity index (χ3v) is 4.52. The molecule has 10 heteroatoms. The number of benzene rings is 2. The molecular formula is C18H8Br2F8. The first-order valence-electron chi connectivity index (χ1n) is 7.28. The average Bonchev–Trinajstić information content (AvgIpc) is 2.56. The van der Waals surface area contributed by atoms with E-state index in [2.05, 4.69) is 31.9 Å². The normalized spacial score (nSPS) is 14.5. The van der Waals surface area contributed by atoms with Crippen LogP contribution in [0.2, 0.25) is 0 Å². The lowest BCUT2D eigenvalue weighted by atomic mass is 9.99. The Morgan fingerprint density at radius 3 is 1.00 bits per heavy atom. The molecule has 0 amide bonds. The Kier molecular flexibility index (Phi) is 6.75. The smallest absolute Gasteiger partial charge is 0.203 e. The minimum atomic E-state index is -5.44. The molecule has 28 heavy (non-hydrogen) atoms. The molecule has 0 bridgehead atoms. The van der Waals surface area contributed by atoms with Crippen LogP contribution in [0.15, 0.2) is 69.1 Å². The monoisotopic (exact) mass is 534 g/mol. The number of hydrogen-bond donors (Lipinski definition) is 0. The van der Waals surface area contributed by atoms with Crippen molar-refractivity contribution in [3.8, 4) is 0 Å². The summed E-state index contributed by atoms with van der Waals surface area (Å²) in [6.45, 7) is 0. The van der Waals surface area contributed by atoms with E-state index in [9.17, 15) is 35.1 Å². The fourth-order valence-electron chi connectivity index (χ4n) is 2.28. The van der Waals surface area contributed by atoms with Crippen molar-refractivity contribution in [2.75, 3.05) is 0 Å². The van der Waals surface area contributed by atoms with Crippen LogP contribution in [0.4, 0.5) is 35.1 Å². The predicted octanol–water partition coefficient (Wildman–Crippen LogP) is 8.40. The summed E-state index contributed by atoms with van der Waals surface area (Å²) in [5, 5.41) is 0. The molecule has 0 unspecified atom stereocenters. The van der Waals surface area contributed by atoms with Crippen molar-refractivity contribution >= 4 is 43.0 Å². The van der Waals surface area contributed by atoms with Crippen molar-refractivity contribution in [2.45, 2.75) is 12.4 Å². The molecule has 0 aliphatic carbocycles. The minimum Gasteiger partial charge on any atom is -0.203 e. The number of halogens is 10. The van der Waals surface area contributed by atoms with Crippen LogP contribution in [0.25, 0.3) is 11.1 Å². The zero-order chi connectivity index (χ0) is 21.3. The zero-order valence-corrected chi connectivity index (χ0v) is 16.6. The fraction of sp³-hybridized carbons (Fsp3) is 0.111. The molecule has 0 radical (unpaired) electrons. The molecule has 0 aliphatic rings. The first-order chi connectivity index (χ1) is 12.8. The van der Waals surface area contributed by atoms with Crippen molar-refractivity contribution in [3.05, 3.63) is 80.3 Å². The van der Waals surface area contributed by atoms with Crippen LogP contribution in [0.1, 0.15) is 11.1 Å². The quantitative estimate of drug-likeness (QED) is 0.273. The molecular weight excluding hydrogens is 528 g/mol. The number of allylic oxidation sites excluding steroid dienone is 4. The van der Waals surface area contributed by atoms with Crippen LogP contribution in [-0.4, -0.2) is 12.4 Å². The van der Waals surface area contributed by atoms with Crippen molar-refractivity contribution < 1.29 is 35.1 Å². The van der Waals surface area contributed by atoms with Gasteiger partial charge in [-0.1, -0.05) is 56.1 Å². The number of rotatable bonds is 3. The van der Waals surface area contributed by atoms with Crippen LogP contribution in [0.3, 0.4) is 0 Å². The van der Waals surface area contributed by atoms with Gasteiger partial charge in [0.25, 0.3) is 0 Å². The van der Waals surface area contributed by atoms with Crippen LogP contribution in [0.5, 0.6) is 0 Å². The fourth-order valence-corrected chi connectivity index (χ4v) is 2.81. The standard InChI is InChI=1S/C18H8Br2F8/c19-11-5-1-9(2-6-11)13(17(23,24)25)15(21)16(22)14(18(26,27)28)10-3-7-12(20)8-4-10/h1-8H/b15-13+,16-14+. The van der Waals surface area contributed by atoms with Gasteiger partial charge in [0.05, 0.1) is 0 Å². The van der Waals surface area contributed by atoms with Gasteiger partial charge in [-0.05, 0) is 35.4 Å². The molecule has 0 saturated carbocycles.